The van der Waals surface area contributed by atoms with Crippen molar-refractivity contribution in [1.29, 1.82) is 0 Å². The average molecular weight is 280 g/mol. The third-order valence-electron chi connectivity index (χ3n) is 3.47. The third-order valence-corrected chi connectivity index (χ3v) is 3.47. The Bertz CT molecular complexity index is 371. The first kappa shape index (κ1) is 17.0. The van der Waals surface area contributed by atoms with Crippen molar-refractivity contribution in [3.05, 3.63) is 29.8 Å². The van der Waals surface area contributed by atoms with Crippen LogP contribution in [0, 0.1) is 6.92 Å². The lowest BCUT2D eigenvalue weighted by molar-refractivity contribution is 0.0777. The molecule has 0 fully saturated rings. The van der Waals surface area contributed by atoms with E-state index in [4.69, 9.17) is 9.47 Å². The van der Waals surface area contributed by atoms with Crippen molar-refractivity contribution in [1.82, 2.24) is 4.90 Å². The molecule has 4 heteroatoms. The first-order chi connectivity index (χ1) is 9.69. The first-order valence-corrected chi connectivity index (χ1v) is 7.20. The molecule has 0 bridgehead atoms. The molecule has 0 saturated carbocycles. The highest BCUT2D eigenvalue weighted by Gasteiger charge is 2.12. The molecule has 0 aliphatic rings. The molecule has 0 aliphatic heterocycles. The Kier molecular flexibility index (Phi) is 8.26. The van der Waals surface area contributed by atoms with Crippen LogP contribution in [-0.4, -0.2) is 58.0 Å². The molecule has 114 valence electrons. The zero-order valence-electron chi connectivity index (χ0n) is 13.2. The number of aryl methyl sites for hydroxylation is 1. The largest absolute Gasteiger partial charge is 0.384 e. The maximum absolute atomic E-state index is 5.25. The van der Waals surface area contributed by atoms with Gasteiger partial charge in [-0.15, -0.1) is 0 Å². The third kappa shape index (κ3) is 5.90. The number of rotatable bonds is 10. The van der Waals surface area contributed by atoms with Gasteiger partial charge in [-0.1, -0.05) is 18.2 Å². The van der Waals surface area contributed by atoms with Crippen LogP contribution in [0.4, 0.5) is 5.69 Å². The number of nitrogens with zero attached hydrogens (tertiary/aromatic N) is 1. The van der Waals surface area contributed by atoms with E-state index in [1.807, 2.05) is 0 Å². The van der Waals surface area contributed by atoms with Crippen LogP contribution in [0.25, 0.3) is 0 Å². The Morgan fingerprint density at radius 2 is 1.90 bits per heavy atom. The lowest BCUT2D eigenvalue weighted by atomic mass is 10.2. The monoisotopic (exact) mass is 280 g/mol. The van der Waals surface area contributed by atoms with Gasteiger partial charge in [0.1, 0.15) is 0 Å². The standard InChI is InChI=1S/C16H28N2O2/c1-14-7-5-6-8-16(14)17-9-10-18(11-12-19-3)15(2)13-20-4/h5-8,15,17H,9-13H2,1-4H3. The van der Waals surface area contributed by atoms with E-state index >= 15 is 0 Å². The van der Waals surface area contributed by atoms with E-state index in [-0.39, 0.29) is 0 Å². The molecule has 0 aliphatic carbocycles. The van der Waals surface area contributed by atoms with Gasteiger partial charge in [-0.05, 0) is 25.5 Å². The summed E-state index contributed by atoms with van der Waals surface area (Å²) in [4.78, 5) is 2.39. The van der Waals surface area contributed by atoms with Gasteiger partial charge in [0.25, 0.3) is 0 Å². The van der Waals surface area contributed by atoms with Crippen LogP contribution in [0.2, 0.25) is 0 Å². The summed E-state index contributed by atoms with van der Waals surface area (Å²) < 4.78 is 10.4. The lowest BCUT2D eigenvalue weighted by Gasteiger charge is -2.28. The Balaban J connectivity index is 2.43. The minimum atomic E-state index is 0.397. The fourth-order valence-corrected chi connectivity index (χ4v) is 2.21. The first-order valence-electron chi connectivity index (χ1n) is 7.20. The maximum atomic E-state index is 5.25. The quantitative estimate of drug-likeness (QED) is 0.713. The predicted molar refractivity (Wildman–Crippen MR) is 84.5 cm³/mol. The van der Waals surface area contributed by atoms with Crippen LogP contribution in [-0.2, 0) is 9.47 Å². The normalized spacial score (nSPS) is 12.7. The molecule has 0 amide bonds. The van der Waals surface area contributed by atoms with E-state index < -0.39 is 0 Å². The molecule has 1 N–H and O–H groups in total. The fraction of sp³-hybridized carbons (Fsp3) is 0.625. The molecule has 1 aromatic rings. The molecule has 4 nitrogen and oxygen atoms in total. The maximum Gasteiger partial charge on any atom is 0.0615 e. The van der Waals surface area contributed by atoms with Crippen molar-refractivity contribution in [2.45, 2.75) is 19.9 Å². The number of para-hydroxylation sites is 1. The topological polar surface area (TPSA) is 33.7 Å². The fourth-order valence-electron chi connectivity index (χ4n) is 2.21. The second kappa shape index (κ2) is 9.75. The van der Waals surface area contributed by atoms with Crippen LogP contribution < -0.4 is 5.32 Å². The molecule has 0 saturated heterocycles. The Labute approximate surface area is 123 Å². The van der Waals surface area contributed by atoms with E-state index in [9.17, 15) is 0 Å². The van der Waals surface area contributed by atoms with Gasteiger partial charge in [-0.3, -0.25) is 4.90 Å². The minimum absolute atomic E-state index is 0.397. The number of methoxy groups -OCH3 is 2. The Morgan fingerprint density at radius 3 is 2.55 bits per heavy atom. The predicted octanol–water partition coefficient (Wildman–Crippen LogP) is 2.39. The number of hydrogen-bond donors (Lipinski definition) is 1. The summed E-state index contributed by atoms with van der Waals surface area (Å²) in [5, 5.41) is 3.49. The highest BCUT2D eigenvalue weighted by Crippen LogP contribution is 2.12. The van der Waals surface area contributed by atoms with Crippen molar-refractivity contribution in [2.75, 3.05) is 52.4 Å². The number of benzene rings is 1. The molecule has 0 spiro atoms. The van der Waals surface area contributed by atoms with Crippen molar-refractivity contribution >= 4 is 5.69 Å². The van der Waals surface area contributed by atoms with Gasteiger partial charge >= 0.3 is 0 Å². The number of nitrogens with one attached hydrogen (secondary N) is 1. The van der Waals surface area contributed by atoms with Gasteiger partial charge in [0, 0.05) is 45.6 Å². The zero-order valence-corrected chi connectivity index (χ0v) is 13.2. The van der Waals surface area contributed by atoms with Crippen molar-refractivity contribution in [3.8, 4) is 0 Å². The highest BCUT2D eigenvalue weighted by molar-refractivity contribution is 5.50. The molecule has 1 atom stereocenters. The molecule has 20 heavy (non-hydrogen) atoms. The SMILES string of the molecule is COCCN(CCNc1ccccc1C)C(C)COC. The lowest BCUT2D eigenvalue weighted by Crippen LogP contribution is -2.41. The summed E-state index contributed by atoms with van der Waals surface area (Å²) in [6, 6.07) is 8.76. The Morgan fingerprint density at radius 1 is 1.15 bits per heavy atom. The molecular formula is C16H28N2O2. The van der Waals surface area contributed by atoms with E-state index in [1.165, 1.54) is 11.3 Å². The van der Waals surface area contributed by atoms with Crippen LogP contribution >= 0.6 is 0 Å². The average Bonchev–Trinajstić information content (AvgIpc) is 2.44. The summed E-state index contributed by atoms with van der Waals surface area (Å²) in [6.45, 7) is 8.62. The molecule has 1 rings (SSSR count). The molecule has 0 radical (unpaired) electrons. The van der Waals surface area contributed by atoms with Gasteiger partial charge < -0.3 is 14.8 Å². The van der Waals surface area contributed by atoms with E-state index in [1.54, 1.807) is 14.2 Å². The molecular weight excluding hydrogens is 252 g/mol. The van der Waals surface area contributed by atoms with E-state index in [0.717, 1.165) is 32.8 Å². The van der Waals surface area contributed by atoms with Gasteiger partial charge in [0.2, 0.25) is 0 Å². The molecule has 0 aromatic heterocycles. The van der Waals surface area contributed by atoms with Crippen LogP contribution in [0.1, 0.15) is 12.5 Å². The summed E-state index contributed by atoms with van der Waals surface area (Å²) in [7, 11) is 3.49. The van der Waals surface area contributed by atoms with E-state index in [0.29, 0.717) is 6.04 Å². The number of anilines is 1. The molecule has 0 heterocycles. The second-order valence-electron chi connectivity index (χ2n) is 5.07. The Hall–Kier alpha value is -1.10. The van der Waals surface area contributed by atoms with Crippen molar-refractivity contribution in [2.24, 2.45) is 0 Å². The summed E-state index contributed by atoms with van der Waals surface area (Å²) >= 11 is 0. The van der Waals surface area contributed by atoms with E-state index in [2.05, 4.69) is 48.3 Å². The van der Waals surface area contributed by atoms with Crippen molar-refractivity contribution in [3.63, 3.8) is 0 Å². The number of ether oxygens (including phenoxy) is 2. The van der Waals surface area contributed by atoms with Crippen LogP contribution in [0.15, 0.2) is 24.3 Å². The van der Waals surface area contributed by atoms with Gasteiger partial charge in [-0.2, -0.15) is 0 Å². The second-order valence-corrected chi connectivity index (χ2v) is 5.07. The molecule has 1 unspecified atom stereocenters. The van der Waals surface area contributed by atoms with Crippen LogP contribution in [0.5, 0.6) is 0 Å². The summed E-state index contributed by atoms with van der Waals surface area (Å²) in [6.07, 6.45) is 0. The highest BCUT2D eigenvalue weighted by atomic mass is 16.5. The smallest absolute Gasteiger partial charge is 0.0615 e. The van der Waals surface area contributed by atoms with Gasteiger partial charge in [0.15, 0.2) is 0 Å². The number of hydrogen-bond acceptors (Lipinski definition) is 4. The summed E-state index contributed by atoms with van der Waals surface area (Å²) in [5.74, 6) is 0. The van der Waals surface area contributed by atoms with Gasteiger partial charge in [-0.25, -0.2) is 0 Å². The zero-order chi connectivity index (χ0) is 14.8. The summed E-state index contributed by atoms with van der Waals surface area (Å²) in [5.41, 5.74) is 2.49. The molecule has 1 aromatic carbocycles. The van der Waals surface area contributed by atoms with Gasteiger partial charge in [0.05, 0.1) is 13.2 Å². The van der Waals surface area contributed by atoms with Crippen molar-refractivity contribution < 1.29 is 9.47 Å². The minimum Gasteiger partial charge on any atom is -0.384 e. The van der Waals surface area contributed by atoms with Crippen LogP contribution in [0.3, 0.4) is 0 Å².